The van der Waals surface area contributed by atoms with Gasteiger partial charge in [0.15, 0.2) is 11.9 Å². The molecule has 0 saturated carbocycles. The molecule has 28 heavy (non-hydrogen) atoms. The third kappa shape index (κ3) is 3.42. The van der Waals surface area contributed by atoms with Gasteiger partial charge in [-0.1, -0.05) is 0 Å². The van der Waals surface area contributed by atoms with E-state index in [1.54, 1.807) is 13.0 Å². The van der Waals surface area contributed by atoms with E-state index < -0.39 is 11.6 Å². The fraction of sp³-hybridized carbons (Fsp3) is 0.0526. The van der Waals surface area contributed by atoms with E-state index in [0.717, 1.165) is 12.1 Å². The molecule has 0 atom stereocenters. The fourth-order valence-electron chi connectivity index (χ4n) is 2.89. The van der Waals surface area contributed by atoms with E-state index in [0.29, 0.717) is 28.8 Å². The van der Waals surface area contributed by atoms with Crippen molar-refractivity contribution in [3.63, 3.8) is 0 Å². The standard InChI is InChI=1S/C19H12F2N4O2.Na/c1-10-18(14-5-3-12(20)6-15(14)21)19-23-16(7-17(27)25(19)24-10)11-2-4-13(9-26)22-8-11;/h2-9,27H,1H3;. The molecule has 0 fully saturated rings. The second-order valence-electron chi connectivity index (χ2n) is 5.91. The molecule has 0 bridgehead atoms. The van der Waals surface area contributed by atoms with Crippen molar-refractivity contribution in [2.75, 3.05) is 0 Å². The van der Waals surface area contributed by atoms with E-state index in [9.17, 15) is 18.7 Å². The SMILES string of the molecule is Cc1nn2c(O)cc(-c3ccc(C=O)nc3)nc2c1-c1ccc(F)cc1F.[Na]. The summed E-state index contributed by atoms with van der Waals surface area (Å²) in [5, 5.41) is 14.5. The first kappa shape index (κ1) is 20.1. The predicted molar refractivity (Wildman–Crippen MR) is 99.1 cm³/mol. The summed E-state index contributed by atoms with van der Waals surface area (Å²) >= 11 is 0. The van der Waals surface area contributed by atoms with Crippen LogP contribution in [0.5, 0.6) is 5.88 Å². The van der Waals surface area contributed by atoms with Crippen LogP contribution in [0.15, 0.2) is 42.6 Å². The number of carbonyl (C=O) groups excluding carboxylic acids is 1. The number of nitrogens with zero attached hydrogens (tertiary/aromatic N) is 4. The molecule has 0 aliphatic rings. The molecule has 1 aromatic carbocycles. The minimum absolute atomic E-state index is 0. The van der Waals surface area contributed by atoms with Crippen LogP contribution in [-0.2, 0) is 0 Å². The van der Waals surface area contributed by atoms with Crippen LogP contribution in [0.3, 0.4) is 0 Å². The van der Waals surface area contributed by atoms with Crippen LogP contribution in [-0.4, -0.2) is 60.5 Å². The summed E-state index contributed by atoms with van der Waals surface area (Å²) in [6, 6.07) is 7.78. The number of aryl methyl sites for hydroxylation is 1. The summed E-state index contributed by atoms with van der Waals surface area (Å²) in [6.45, 7) is 1.65. The molecular weight excluding hydrogens is 377 g/mol. The molecule has 4 rings (SSSR count). The zero-order chi connectivity index (χ0) is 19.1. The summed E-state index contributed by atoms with van der Waals surface area (Å²) in [5.74, 6) is -1.65. The van der Waals surface area contributed by atoms with Crippen molar-refractivity contribution >= 4 is 41.5 Å². The maximum atomic E-state index is 14.3. The Bertz CT molecular complexity index is 1190. The number of halogens is 2. The number of aromatic hydroxyl groups is 1. The van der Waals surface area contributed by atoms with Gasteiger partial charge in [0.25, 0.3) is 0 Å². The molecule has 0 aliphatic carbocycles. The van der Waals surface area contributed by atoms with E-state index in [1.807, 2.05) is 0 Å². The molecule has 9 heteroatoms. The van der Waals surface area contributed by atoms with Gasteiger partial charge in [-0.3, -0.25) is 9.78 Å². The van der Waals surface area contributed by atoms with E-state index in [-0.39, 0.29) is 52.3 Å². The predicted octanol–water partition coefficient (Wildman–Crippen LogP) is 3.18. The molecule has 135 valence electrons. The van der Waals surface area contributed by atoms with Crippen molar-refractivity contribution in [1.82, 2.24) is 19.6 Å². The molecule has 1 N–H and O–H groups in total. The summed E-state index contributed by atoms with van der Waals surface area (Å²) in [4.78, 5) is 19.2. The first-order valence-corrected chi connectivity index (χ1v) is 7.94. The average molecular weight is 389 g/mol. The molecule has 3 aromatic heterocycles. The second kappa shape index (κ2) is 7.75. The van der Waals surface area contributed by atoms with Crippen molar-refractivity contribution in [1.29, 1.82) is 0 Å². The van der Waals surface area contributed by atoms with Gasteiger partial charge in [-0.25, -0.2) is 13.8 Å². The van der Waals surface area contributed by atoms with E-state index in [2.05, 4.69) is 15.1 Å². The van der Waals surface area contributed by atoms with E-state index >= 15 is 0 Å². The Morgan fingerprint density at radius 1 is 1.14 bits per heavy atom. The molecule has 1 radical (unpaired) electrons. The molecule has 0 spiro atoms. The molecule has 6 nitrogen and oxygen atoms in total. The van der Waals surface area contributed by atoms with Crippen molar-refractivity contribution in [3.05, 3.63) is 65.6 Å². The minimum atomic E-state index is -0.753. The van der Waals surface area contributed by atoms with E-state index in [1.165, 1.54) is 28.9 Å². The first-order valence-electron chi connectivity index (χ1n) is 7.94. The normalized spacial score (nSPS) is 10.7. The van der Waals surface area contributed by atoms with Crippen LogP contribution >= 0.6 is 0 Å². The van der Waals surface area contributed by atoms with Gasteiger partial charge in [0, 0.05) is 59.0 Å². The minimum Gasteiger partial charge on any atom is -0.493 e. The number of carbonyl (C=O) groups is 1. The van der Waals surface area contributed by atoms with Crippen molar-refractivity contribution < 1.29 is 18.7 Å². The third-order valence-corrected chi connectivity index (χ3v) is 4.15. The molecule has 0 unspecified atom stereocenters. The monoisotopic (exact) mass is 389 g/mol. The van der Waals surface area contributed by atoms with Crippen molar-refractivity contribution in [3.8, 4) is 28.3 Å². The van der Waals surface area contributed by atoms with Crippen molar-refractivity contribution in [2.45, 2.75) is 6.92 Å². The van der Waals surface area contributed by atoms with Crippen LogP contribution in [0.25, 0.3) is 28.0 Å². The molecule has 4 aromatic rings. The number of aldehydes is 1. The molecule has 0 amide bonds. The molecule has 0 aliphatic heterocycles. The number of hydrogen-bond donors (Lipinski definition) is 1. The number of aromatic nitrogens is 4. The maximum Gasteiger partial charge on any atom is 0.216 e. The van der Waals surface area contributed by atoms with Crippen LogP contribution in [0.4, 0.5) is 8.78 Å². The zero-order valence-corrected chi connectivity index (χ0v) is 17.0. The molecule has 0 saturated heterocycles. The molecular formula is C19H12F2N4NaO2. The van der Waals surface area contributed by atoms with Gasteiger partial charge in [0.2, 0.25) is 5.88 Å². The quantitative estimate of drug-likeness (QED) is 0.430. The van der Waals surface area contributed by atoms with Crippen LogP contribution in [0.1, 0.15) is 16.2 Å². The third-order valence-electron chi connectivity index (χ3n) is 4.15. The van der Waals surface area contributed by atoms with Crippen molar-refractivity contribution in [2.24, 2.45) is 0 Å². The number of hydrogen-bond acceptors (Lipinski definition) is 5. The molecule has 3 heterocycles. The number of rotatable bonds is 3. The van der Waals surface area contributed by atoms with Gasteiger partial charge < -0.3 is 5.11 Å². The zero-order valence-electron chi connectivity index (χ0n) is 15.0. The summed E-state index contributed by atoms with van der Waals surface area (Å²) < 4.78 is 28.8. The second-order valence-corrected chi connectivity index (χ2v) is 5.91. The number of benzene rings is 1. The smallest absolute Gasteiger partial charge is 0.216 e. The average Bonchev–Trinajstić information content (AvgIpc) is 2.98. The van der Waals surface area contributed by atoms with Gasteiger partial charge in [-0.15, -0.1) is 0 Å². The summed E-state index contributed by atoms with van der Waals surface area (Å²) in [7, 11) is 0. The first-order chi connectivity index (χ1) is 13.0. The Kier molecular flexibility index (Phi) is 5.55. The Morgan fingerprint density at radius 2 is 1.93 bits per heavy atom. The maximum absolute atomic E-state index is 14.3. The topological polar surface area (TPSA) is 80.4 Å². The van der Waals surface area contributed by atoms with Crippen LogP contribution in [0, 0.1) is 18.6 Å². The Hall–Kier alpha value is -2.68. The van der Waals surface area contributed by atoms with Crippen LogP contribution < -0.4 is 0 Å². The van der Waals surface area contributed by atoms with Gasteiger partial charge in [0.1, 0.15) is 17.3 Å². The van der Waals surface area contributed by atoms with Crippen LogP contribution in [0.2, 0.25) is 0 Å². The van der Waals surface area contributed by atoms with Gasteiger partial charge >= 0.3 is 0 Å². The Morgan fingerprint density at radius 3 is 2.57 bits per heavy atom. The Balaban J connectivity index is 0.00000225. The summed E-state index contributed by atoms with van der Waals surface area (Å²) in [5.41, 5.74) is 2.31. The van der Waals surface area contributed by atoms with Gasteiger partial charge in [-0.2, -0.15) is 9.61 Å². The van der Waals surface area contributed by atoms with Gasteiger partial charge in [0.05, 0.1) is 17.0 Å². The Labute approximate surface area is 180 Å². The number of pyridine rings is 1. The number of fused-ring (bicyclic) bond motifs is 1. The summed E-state index contributed by atoms with van der Waals surface area (Å²) in [6.07, 6.45) is 2.07. The fourth-order valence-corrected chi connectivity index (χ4v) is 2.89. The van der Waals surface area contributed by atoms with E-state index in [4.69, 9.17) is 0 Å². The van der Waals surface area contributed by atoms with Gasteiger partial charge in [-0.05, 0) is 31.2 Å². The largest absolute Gasteiger partial charge is 0.493 e.